The number of para-hydroxylation sites is 2. The molecule has 0 aliphatic heterocycles. The number of pyridine rings is 2. The molecule has 3 aromatic heterocycles. The van der Waals surface area contributed by atoms with Crippen molar-refractivity contribution in [2.75, 3.05) is 0 Å². The minimum Gasteiger partial charge on any atom is -0.276 e. The average molecular weight is 446 g/mol. The van der Waals surface area contributed by atoms with E-state index >= 15 is 0 Å². The highest BCUT2D eigenvalue weighted by atomic mass is 15.1. The van der Waals surface area contributed by atoms with E-state index in [1.165, 1.54) is 60.7 Å². The Balaban J connectivity index is 1.45. The number of rotatable bonds is 0. The summed E-state index contributed by atoms with van der Waals surface area (Å²) >= 11 is 0. The molecule has 7 aromatic rings. The molecule has 2 aliphatic rings. The van der Waals surface area contributed by atoms with Gasteiger partial charge in [0.15, 0.2) is 0 Å². The zero-order valence-corrected chi connectivity index (χ0v) is 18.9. The summed E-state index contributed by atoms with van der Waals surface area (Å²) in [6.07, 6.45) is 3.86. The first-order valence-corrected chi connectivity index (χ1v) is 12.2. The molecule has 0 atom stereocenters. The molecule has 35 heavy (non-hydrogen) atoms. The highest BCUT2D eigenvalue weighted by Crippen LogP contribution is 2.51. The van der Waals surface area contributed by atoms with Crippen LogP contribution in [-0.4, -0.2) is 14.4 Å². The molecule has 0 radical (unpaired) electrons. The van der Waals surface area contributed by atoms with Gasteiger partial charge in [0.2, 0.25) is 0 Å². The van der Waals surface area contributed by atoms with Gasteiger partial charge in [-0.15, -0.1) is 0 Å². The SMILES string of the molecule is c1ccc2c(c1)Cc1ccc3c(c1-2)-c1ccc2c(c1C3)c1cccnc1n1c3ccccc3nc21. The zero-order valence-electron chi connectivity index (χ0n) is 18.9. The second kappa shape index (κ2) is 6.13. The Hall–Kier alpha value is -4.50. The lowest BCUT2D eigenvalue weighted by molar-refractivity contribution is 1.22. The summed E-state index contributed by atoms with van der Waals surface area (Å²) in [5.74, 6) is 0. The molecule has 0 bridgehead atoms. The number of imidazole rings is 1. The van der Waals surface area contributed by atoms with Crippen LogP contribution in [0.2, 0.25) is 0 Å². The Kier molecular flexibility index (Phi) is 3.14. The summed E-state index contributed by atoms with van der Waals surface area (Å²) < 4.78 is 2.23. The normalized spacial score (nSPS) is 13.5. The van der Waals surface area contributed by atoms with Crippen molar-refractivity contribution in [2.24, 2.45) is 0 Å². The van der Waals surface area contributed by atoms with Gasteiger partial charge in [0, 0.05) is 22.4 Å². The van der Waals surface area contributed by atoms with Crippen molar-refractivity contribution in [3.05, 3.63) is 113 Å². The van der Waals surface area contributed by atoms with Gasteiger partial charge in [-0.3, -0.25) is 4.40 Å². The maximum absolute atomic E-state index is 5.08. The number of nitrogens with zero attached hydrogens (tertiary/aromatic N) is 3. The van der Waals surface area contributed by atoms with Crippen LogP contribution in [0.15, 0.2) is 91.1 Å². The van der Waals surface area contributed by atoms with E-state index in [1.54, 1.807) is 0 Å². The van der Waals surface area contributed by atoms with E-state index < -0.39 is 0 Å². The average Bonchev–Trinajstić information content (AvgIpc) is 3.59. The first-order valence-electron chi connectivity index (χ1n) is 12.2. The van der Waals surface area contributed by atoms with Crippen LogP contribution in [0.5, 0.6) is 0 Å². The number of fused-ring (bicyclic) bond motifs is 16. The van der Waals surface area contributed by atoms with Crippen molar-refractivity contribution in [3.63, 3.8) is 0 Å². The third-order valence-electron chi connectivity index (χ3n) is 8.06. The molecule has 0 saturated carbocycles. The molecule has 162 valence electrons. The maximum atomic E-state index is 5.08. The Bertz CT molecular complexity index is 2060. The molecule has 0 unspecified atom stereocenters. The number of hydrogen-bond donors (Lipinski definition) is 0. The van der Waals surface area contributed by atoms with Gasteiger partial charge in [0.05, 0.1) is 11.0 Å². The van der Waals surface area contributed by atoms with E-state index in [0.717, 1.165) is 35.2 Å². The quantitative estimate of drug-likeness (QED) is 0.229. The summed E-state index contributed by atoms with van der Waals surface area (Å²) in [4.78, 5) is 9.95. The zero-order chi connectivity index (χ0) is 22.7. The molecule has 2 aliphatic carbocycles. The minimum absolute atomic E-state index is 0.942. The second-order valence-electron chi connectivity index (χ2n) is 9.79. The highest BCUT2D eigenvalue weighted by molar-refractivity contribution is 6.17. The van der Waals surface area contributed by atoms with Crippen molar-refractivity contribution >= 4 is 38.5 Å². The molecule has 0 fully saturated rings. The fourth-order valence-electron chi connectivity index (χ4n) is 6.66. The van der Waals surface area contributed by atoms with Gasteiger partial charge in [0.25, 0.3) is 0 Å². The van der Waals surface area contributed by atoms with Gasteiger partial charge in [-0.2, -0.15) is 0 Å². The van der Waals surface area contributed by atoms with Crippen LogP contribution >= 0.6 is 0 Å². The molecule has 0 saturated heterocycles. The molecule has 3 heterocycles. The van der Waals surface area contributed by atoms with Crippen LogP contribution in [0, 0.1) is 0 Å². The fraction of sp³-hybridized carbons (Fsp3) is 0.0625. The summed E-state index contributed by atoms with van der Waals surface area (Å²) in [6.45, 7) is 0. The number of hydrogen-bond acceptors (Lipinski definition) is 2. The van der Waals surface area contributed by atoms with Crippen LogP contribution in [-0.2, 0) is 12.8 Å². The molecular weight excluding hydrogens is 426 g/mol. The lowest BCUT2D eigenvalue weighted by Crippen LogP contribution is -1.96. The summed E-state index contributed by atoms with van der Waals surface area (Å²) in [5, 5.41) is 3.69. The standard InChI is InChI=1S/C32H19N3/c1-2-7-21-18(6-1)16-19-11-12-20-17-25-22(29(20)28(19)21)13-14-24-30(25)23-8-5-15-33-31(23)35-27-10-4-3-9-26(27)34-32(24)35/h1-15H,16-17H2. The largest absolute Gasteiger partial charge is 0.276 e. The van der Waals surface area contributed by atoms with E-state index in [1.807, 2.05) is 6.20 Å². The third-order valence-corrected chi connectivity index (χ3v) is 8.06. The molecular formula is C32H19N3. The van der Waals surface area contributed by atoms with Gasteiger partial charge in [-0.25, -0.2) is 9.97 Å². The Morgan fingerprint density at radius 3 is 2.37 bits per heavy atom. The molecule has 4 aromatic carbocycles. The highest BCUT2D eigenvalue weighted by Gasteiger charge is 2.30. The maximum Gasteiger partial charge on any atom is 0.147 e. The second-order valence-corrected chi connectivity index (χ2v) is 9.79. The van der Waals surface area contributed by atoms with Crippen molar-refractivity contribution < 1.29 is 0 Å². The Morgan fingerprint density at radius 1 is 0.600 bits per heavy atom. The van der Waals surface area contributed by atoms with E-state index in [4.69, 9.17) is 9.97 Å². The van der Waals surface area contributed by atoms with Crippen LogP contribution in [0.3, 0.4) is 0 Å². The van der Waals surface area contributed by atoms with Gasteiger partial charge in [-0.05, 0) is 87.7 Å². The molecule has 3 nitrogen and oxygen atoms in total. The molecule has 0 N–H and O–H groups in total. The molecule has 9 rings (SSSR count). The van der Waals surface area contributed by atoms with Crippen LogP contribution < -0.4 is 0 Å². The first kappa shape index (κ1) is 17.9. The van der Waals surface area contributed by atoms with Gasteiger partial charge >= 0.3 is 0 Å². The van der Waals surface area contributed by atoms with E-state index in [2.05, 4.69) is 89.3 Å². The third kappa shape index (κ3) is 2.12. The van der Waals surface area contributed by atoms with Crippen LogP contribution in [0.25, 0.3) is 60.7 Å². The number of aromatic nitrogens is 3. The molecule has 0 amide bonds. The summed E-state index contributed by atoms with van der Waals surface area (Å²) in [7, 11) is 0. The van der Waals surface area contributed by atoms with Crippen molar-refractivity contribution in [2.45, 2.75) is 12.8 Å². The van der Waals surface area contributed by atoms with E-state index in [-0.39, 0.29) is 0 Å². The van der Waals surface area contributed by atoms with Gasteiger partial charge in [0.1, 0.15) is 11.3 Å². The van der Waals surface area contributed by atoms with E-state index in [0.29, 0.717) is 0 Å². The summed E-state index contributed by atoms with van der Waals surface area (Å²) in [5.41, 5.74) is 15.4. The fourth-order valence-corrected chi connectivity index (χ4v) is 6.66. The van der Waals surface area contributed by atoms with Crippen molar-refractivity contribution in [3.8, 4) is 22.3 Å². The molecule has 0 spiro atoms. The van der Waals surface area contributed by atoms with Gasteiger partial charge in [-0.1, -0.05) is 54.6 Å². The number of benzene rings is 4. The molecule has 3 heteroatoms. The minimum atomic E-state index is 0.942. The topological polar surface area (TPSA) is 30.2 Å². The Labute approximate surface area is 201 Å². The monoisotopic (exact) mass is 445 g/mol. The predicted molar refractivity (Wildman–Crippen MR) is 142 cm³/mol. The van der Waals surface area contributed by atoms with Crippen LogP contribution in [0.4, 0.5) is 0 Å². The lowest BCUT2D eigenvalue weighted by atomic mass is 9.92. The van der Waals surface area contributed by atoms with Crippen molar-refractivity contribution in [1.29, 1.82) is 0 Å². The summed E-state index contributed by atoms with van der Waals surface area (Å²) in [6, 6.07) is 30.9. The van der Waals surface area contributed by atoms with Crippen molar-refractivity contribution in [1.82, 2.24) is 14.4 Å². The smallest absolute Gasteiger partial charge is 0.147 e. The first-order chi connectivity index (χ1) is 17.4. The van der Waals surface area contributed by atoms with E-state index in [9.17, 15) is 0 Å². The van der Waals surface area contributed by atoms with Crippen LogP contribution in [0.1, 0.15) is 22.3 Å². The predicted octanol–water partition coefficient (Wildman–Crippen LogP) is 7.33. The Morgan fingerprint density at radius 2 is 1.40 bits per heavy atom. The van der Waals surface area contributed by atoms with Gasteiger partial charge < -0.3 is 0 Å². The lowest BCUT2D eigenvalue weighted by Gasteiger charge is -2.13.